The molecule has 108 valence electrons. The van der Waals surface area contributed by atoms with Crippen LogP contribution < -0.4 is 5.73 Å². The van der Waals surface area contributed by atoms with Gasteiger partial charge in [0, 0.05) is 18.6 Å². The van der Waals surface area contributed by atoms with E-state index in [1.165, 1.54) is 0 Å². The van der Waals surface area contributed by atoms with Gasteiger partial charge in [-0.2, -0.15) is 0 Å². The summed E-state index contributed by atoms with van der Waals surface area (Å²) in [5.41, 5.74) is 5.43. The first-order valence-electron chi connectivity index (χ1n) is 6.92. The topological polar surface area (TPSA) is 62.3 Å². The molecule has 0 saturated heterocycles. The molecule has 0 amide bonds. The zero-order valence-corrected chi connectivity index (χ0v) is 12.8. The highest BCUT2D eigenvalue weighted by Gasteiger charge is 2.21. The number of amidine groups is 1. The van der Waals surface area contributed by atoms with Crippen molar-refractivity contribution < 1.29 is 4.74 Å². The summed E-state index contributed by atoms with van der Waals surface area (Å²) in [6, 6.07) is 0.473. The van der Waals surface area contributed by atoms with Gasteiger partial charge in [0.1, 0.15) is 0 Å². The Morgan fingerprint density at radius 2 is 2.00 bits per heavy atom. The van der Waals surface area contributed by atoms with Gasteiger partial charge in [-0.15, -0.1) is 0 Å². The van der Waals surface area contributed by atoms with Gasteiger partial charge in [-0.25, -0.2) is 0 Å². The molecule has 0 aliphatic rings. The van der Waals surface area contributed by atoms with Crippen LogP contribution in [0.15, 0.2) is 0 Å². The molecule has 0 aliphatic heterocycles. The van der Waals surface area contributed by atoms with Crippen LogP contribution >= 0.6 is 0 Å². The van der Waals surface area contributed by atoms with Crippen LogP contribution in [-0.4, -0.2) is 43.6 Å². The predicted octanol–water partition coefficient (Wildman–Crippen LogP) is 2.48. The number of ether oxygens (including phenoxy) is 1. The molecule has 1 unspecified atom stereocenters. The van der Waals surface area contributed by atoms with E-state index in [1.807, 2.05) is 13.8 Å². The fraction of sp³-hybridized carbons (Fsp3) is 0.929. The van der Waals surface area contributed by atoms with Crippen LogP contribution in [0.3, 0.4) is 0 Å². The molecule has 0 saturated carbocycles. The second kappa shape index (κ2) is 8.48. The Balaban J connectivity index is 3.91. The Morgan fingerprint density at radius 1 is 1.39 bits per heavy atom. The number of rotatable bonds is 10. The standard InChI is InChI=1S/C14H31N3O/c1-6-17(12(2)11-18-5)10-8-7-9-14(3,4)13(15)16/h12H,6-11H2,1-5H3,(H3,15,16). The molecule has 0 heterocycles. The van der Waals surface area contributed by atoms with Crippen molar-refractivity contribution in [2.45, 2.75) is 53.0 Å². The van der Waals surface area contributed by atoms with Crippen LogP contribution in [0, 0.1) is 10.8 Å². The second-order valence-electron chi connectivity index (χ2n) is 5.69. The lowest BCUT2D eigenvalue weighted by atomic mass is 9.86. The number of nitrogens with two attached hydrogens (primary N) is 1. The van der Waals surface area contributed by atoms with Crippen molar-refractivity contribution in [2.75, 3.05) is 26.8 Å². The molecule has 4 heteroatoms. The Labute approximate surface area is 112 Å². The Morgan fingerprint density at radius 3 is 2.44 bits per heavy atom. The van der Waals surface area contributed by atoms with Crippen molar-refractivity contribution in [1.29, 1.82) is 5.41 Å². The average Bonchev–Trinajstić information content (AvgIpc) is 2.29. The van der Waals surface area contributed by atoms with Gasteiger partial charge in [0.25, 0.3) is 0 Å². The predicted molar refractivity (Wildman–Crippen MR) is 78.1 cm³/mol. The Kier molecular flexibility index (Phi) is 8.20. The molecule has 0 aliphatic carbocycles. The SMILES string of the molecule is CCN(CCCCC(C)(C)C(=N)N)C(C)COC. The highest BCUT2D eigenvalue weighted by atomic mass is 16.5. The molecule has 0 rings (SSSR count). The quantitative estimate of drug-likeness (QED) is 0.359. The van der Waals surface area contributed by atoms with Crippen molar-refractivity contribution in [3.63, 3.8) is 0 Å². The van der Waals surface area contributed by atoms with Gasteiger partial charge in [0.05, 0.1) is 12.4 Å². The van der Waals surface area contributed by atoms with Gasteiger partial charge in [-0.05, 0) is 32.9 Å². The van der Waals surface area contributed by atoms with Crippen molar-refractivity contribution in [3.8, 4) is 0 Å². The molecule has 0 fully saturated rings. The molecular weight excluding hydrogens is 226 g/mol. The van der Waals surface area contributed by atoms with Crippen LogP contribution in [0.2, 0.25) is 0 Å². The highest BCUT2D eigenvalue weighted by molar-refractivity contribution is 5.82. The smallest absolute Gasteiger partial charge is 0.0963 e. The van der Waals surface area contributed by atoms with Gasteiger partial charge in [-0.1, -0.05) is 27.2 Å². The normalized spacial score (nSPS) is 13.9. The number of unbranched alkanes of at least 4 members (excludes halogenated alkanes) is 1. The number of nitrogens with one attached hydrogen (secondary N) is 1. The van der Waals surface area contributed by atoms with Crippen LogP contribution in [0.25, 0.3) is 0 Å². The molecule has 1 atom stereocenters. The van der Waals surface area contributed by atoms with Crippen LogP contribution in [0.5, 0.6) is 0 Å². The number of methoxy groups -OCH3 is 1. The molecule has 18 heavy (non-hydrogen) atoms. The van der Waals surface area contributed by atoms with Crippen molar-refractivity contribution >= 4 is 5.84 Å². The number of hydrogen-bond donors (Lipinski definition) is 2. The number of likely N-dealkylation sites (N-methyl/N-ethyl adjacent to an activating group) is 1. The number of nitrogens with zero attached hydrogens (tertiary/aromatic N) is 1. The third kappa shape index (κ3) is 6.36. The molecule has 0 aromatic heterocycles. The summed E-state index contributed by atoms with van der Waals surface area (Å²) < 4.78 is 5.19. The monoisotopic (exact) mass is 257 g/mol. The van der Waals surface area contributed by atoms with Gasteiger partial charge < -0.3 is 10.5 Å². The fourth-order valence-electron chi connectivity index (χ4n) is 2.05. The van der Waals surface area contributed by atoms with E-state index in [-0.39, 0.29) is 5.41 Å². The van der Waals surface area contributed by atoms with Gasteiger partial charge in [0.2, 0.25) is 0 Å². The Bertz CT molecular complexity index is 241. The third-order valence-electron chi connectivity index (χ3n) is 3.66. The highest BCUT2D eigenvalue weighted by Crippen LogP contribution is 2.22. The van der Waals surface area contributed by atoms with Crippen LogP contribution in [0.4, 0.5) is 0 Å². The van der Waals surface area contributed by atoms with E-state index in [2.05, 4.69) is 18.7 Å². The molecule has 0 bridgehead atoms. The molecular formula is C14H31N3O. The average molecular weight is 257 g/mol. The summed E-state index contributed by atoms with van der Waals surface area (Å²) in [5, 5.41) is 7.53. The molecule has 3 N–H and O–H groups in total. The largest absolute Gasteiger partial charge is 0.387 e. The number of hydrogen-bond acceptors (Lipinski definition) is 3. The zero-order valence-electron chi connectivity index (χ0n) is 12.8. The summed E-state index contributed by atoms with van der Waals surface area (Å²) in [7, 11) is 1.75. The molecule has 0 radical (unpaired) electrons. The van der Waals surface area contributed by atoms with E-state index >= 15 is 0 Å². The zero-order chi connectivity index (χ0) is 14.2. The van der Waals surface area contributed by atoms with E-state index in [9.17, 15) is 0 Å². The minimum atomic E-state index is -0.158. The maximum Gasteiger partial charge on any atom is 0.0963 e. The minimum Gasteiger partial charge on any atom is -0.387 e. The van der Waals surface area contributed by atoms with E-state index in [0.717, 1.165) is 39.0 Å². The summed E-state index contributed by atoms with van der Waals surface area (Å²) in [6.45, 7) is 11.4. The first kappa shape index (κ1) is 17.4. The minimum absolute atomic E-state index is 0.158. The van der Waals surface area contributed by atoms with Crippen molar-refractivity contribution in [3.05, 3.63) is 0 Å². The van der Waals surface area contributed by atoms with E-state index in [1.54, 1.807) is 7.11 Å². The van der Waals surface area contributed by atoms with Gasteiger partial charge in [0.15, 0.2) is 0 Å². The van der Waals surface area contributed by atoms with E-state index in [4.69, 9.17) is 15.9 Å². The lowest BCUT2D eigenvalue weighted by Crippen LogP contribution is -2.37. The summed E-state index contributed by atoms with van der Waals surface area (Å²) in [4.78, 5) is 2.43. The summed E-state index contributed by atoms with van der Waals surface area (Å²) in [5.74, 6) is 0.294. The third-order valence-corrected chi connectivity index (χ3v) is 3.66. The van der Waals surface area contributed by atoms with Crippen molar-refractivity contribution in [2.24, 2.45) is 11.1 Å². The van der Waals surface area contributed by atoms with Gasteiger partial charge >= 0.3 is 0 Å². The molecule has 0 aromatic carbocycles. The maximum absolute atomic E-state index is 7.53. The maximum atomic E-state index is 7.53. The summed E-state index contributed by atoms with van der Waals surface area (Å²) in [6.07, 6.45) is 3.25. The second-order valence-corrected chi connectivity index (χ2v) is 5.69. The van der Waals surface area contributed by atoms with E-state index in [0.29, 0.717) is 11.9 Å². The van der Waals surface area contributed by atoms with Crippen LogP contribution in [0.1, 0.15) is 47.0 Å². The lowest BCUT2D eigenvalue weighted by molar-refractivity contribution is 0.101. The molecule has 4 nitrogen and oxygen atoms in total. The molecule has 0 aromatic rings. The lowest BCUT2D eigenvalue weighted by Gasteiger charge is -2.28. The van der Waals surface area contributed by atoms with Crippen LogP contribution in [-0.2, 0) is 4.74 Å². The summed E-state index contributed by atoms with van der Waals surface area (Å²) >= 11 is 0. The van der Waals surface area contributed by atoms with E-state index < -0.39 is 0 Å². The first-order chi connectivity index (χ1) is 8.35. The fourth-order valence-corrected chi connectivity index (χ4v) is 2.05. The van der Waals surface area contributed by atoms with Gasteiger partial charge in [-0.3, -0.25) is 10.3 Å². The first-order valence-corrected chi connectivity index (χ1v) is 6.92. The Hall–Kier alpha value is -0.610. The molecule has 0 spiro atoms. The van der Waals surface area contributed by atoms with Crippen molar-refractivity contribution in [1.82, 2.24) is 4.90 Å².